The van der Waals surface area contributed by atoms with Gasteiger partial charge < -0.3 is 5.32 Å². The Kier molecular flexibility index (Phi) is 6.03. The molecule has 0 aliphatic rings. The number of hydrogen-bond donors (Lipinski definition) is 2. The molecular formula is C19H15ClFN3O3S. The first-order valence-corrected chi connectivity index (χ1v) is 9.96. The second kappa shape index (κ2) is 8.47. The van der Waals surface area contributed by atoms with Crippen molar-refractivity contribution in [2.75, 3.05) is 5.32 Å². The SMILES string of the molecule is O=C(Nc1ccc(S(=O)(=O)NCc2cccnc2)cc1F)c1ccc(Cl)cc1. The number of amides is 1. The molecule has 0 unspecified atom stereocenters. The van der Waals surface area contributed by atoms with Gasteiger partial charge in [0.25, 0.3) is 5.91 Å². The number of carbonyl (C=O) groups excluding carboxylic acids is 1. The number of nitrogens with one attached hydrogen (secondary N) is 2. The molecule has 2 N–H and O–H groups in total. The number of pyridine rings is 1. The Morgan fingerprint density at radius 1 is 1.11 bits per heavy atom. The van der Waals surface area contributed by atoms with Crippen LogP contribution < -0.4 is 10.0 Å². The van der Waals surface area contributed by atoms with E-state index in [1.54, 1.807) is 18.3 Å². The Morgan fingerprint density at radius 3 is 2.50 bits per heavy atom. The summed E-state index contributed by atoms with van der Waals surface area (Å²) in [6.07, 6.45) is 3.10. The second-order valence-corrected chi connectivity index (χ2v) is 7.99. The van der Waals surface area contributed by atoms with Gasteiger partial charge in [-0.15, -0.1) is 0 Å². The Hall–Kier alpha value is -2.81. The molecule has 0 radical (unpaired) electrons. The van der Waals surface area contributed by atoms with Gasteiger partial charge in [0, 0.05) is 29.5 Å². The summed E-state index contributed by atoms with van der Waals surface area (Å²) < 4.78 is 41.4. The third-order valence-corrected chi connectivity index (χ3v) is 5.45. The minimum Gasteiger partial charge on any atom is -0.319 e. The molecule has 0 saturated carbocycles. The number of aromatic nitrogens is 1. The van der Waals surface area contributed by atoms with Gasteiger partial charge in [-0.05, 0) is 54.1 Å². The lowest BCUT2D eigenvalue weighted by atomic mass is 10.2. The molecule has 3 aromatic rings. The molecule has 144 valence electrons. The third kappa shape index (κ3) is 4.92. The maximum Gasteiger partial charge on any atom is 0.255 e. The molecule has 0 fully saturated rings. The van der Waals surface area contributed by atoms with Crippen LogP contribution in [0.3, 0.4) is 0 Å². The maximum absolute atomic E-state index is 14.3. The highest BCUT2D eigenvalue weighted by molar-refractivity contribution is 7.89. The molecule has 0 atom stereocenters. The number of sulfonamides is 1. The van der Waals surface area contributed by atoms with E-state index in [1.165, 1.54) is 42.6 Å². The quantitative estimate of drug-likeness (QED) is 0.639. The van der Waals surface area contributed by atoms with Gasteiger partial charge in [-0.25, -0.2) is 17.5 Å². The summed E-state index contributed by atoms with van der Waals surface area (Å²) in [7, 11) is -3.93. The number of nitrogens with zero attached hydrogens (tertiary/aromatic N) is 1. The zero-order valence-electron chi connectivity index (χ0n) is 14.4. The summed E-state index contributed by atoms with van der Waals surface area (Å²) in [6.45, 7) is 0.0207. The first-order valence-electron chi connectivity index (χ1n) is 8.10. The average molecular weight is 420 g/mol. The smallest absolute Gasteiger partial charge is 0.255 e. The molecule has 1 aromatic heterocycles. The van der Waals surface area contributed by atoms with Crippen molar-refractivity contribution in [2.45, 2.75) is 11.4 Å². The van der Waals surface area contributed by atoms with Crippen LogP contribution in [0.5, 0.6) is 0 Å². The third-order valence-electron chi connectivity index (χ3n) is 3.79. The first-order chi connectivity index (χ1) is 13.3. The van der Waals surface area contributed by atoms with E-state index >= 15 is 0 Å². The summed E-state index contributed by atoms with van der Waals surface area (Å²) in [5.41, 5.74) is 0.822. The molecule has 6 nitrogen and oxygen atoms in total. The lowest BCUT2D eigenvalue weighted by Crippen LogP contribution is -2.23. The lowest BCUT2D eigenvalue weighted by Gasteiger charge is -2.10. The van der Waals surface area contributed by atoms with E-state index < -0.39 is 21.7 Å². The molecule has 0 saturated heterocycles. The molecule has 28 heavy (non-hydrogen) atoms. The Labute approximate surface area is 166 Å². The van der Waals surface area contributed by atoms with Crippen molar-refractivity contribution in [2.24, 2.45) is 0 Å². The van der Waals surface area contributed by atoms with Crippen molar-refractivity contribution in [1.82, 2.24) is 9.71 Å². The first kappa shape index (κ1) is 19.9. The van der Waals surface area contributed by atoms with E-state index in [0.717, 1.165) is 6.07 Å². The Balaban J connectivity index is 1.72. The van der Waals surface area contributed by atoms with Crippen LogP contribution in [0.4, 0.5) is 10.1 Å². The van der Waals surface area contributed by atoms with Gasteiger partial charge in [-0.1, -0.05) is 17.7 Å². The van der Waals surface area contributed by atoms with E-state index in [9.17, 15) is 17.6 Å². The average Bonchev–Trinajstić information content (AvgIpc) is 2.69. The van der Waals surface area contributed by atoms with Crippen molar-refractivity contribution in [3.63, 3.8) is 0 Å². The predicted octanol–water partition coefficient (Wildman–Crippen LogP) is 3.60. The van der Waals surface area contributed by atoms with Crippen molar-refractivity contribution in [3.8, 4) is 0 Å². The summed E-state index contributed by atoms with van der Waals surface area (Å²) in [5, 5.41) is 2.87. The molecule has 0 spiro atoms. The largest absolute Gasteiger partial charge is 0.319 e. The van der Waals surface area contributed by atoms with Gasteiger partial charge in [0.2, 0.25) is 10.0 Å². The van der Waals surface area contributed by atoms with Crippen LogP contribution >= 0.6 is 11.6 Å². The number of benzene rings is 2. The molecule has 0 bridgehead atoms. The zero-order chi connectivity index (χ0) is 20.1. The van der Waals surface area contributed by atoms with Crippen LogP contribution in [0, 0.1) is 5.82 Å². The molecule has 0 aliphatic heterocycles. The maximum atomic E-state index is 14.3. The van der Waals surface area contributed by atoms with E-state index in [1.807, 2.05) is 0 Å². The topological polar surface area (TPSA) is 88.2 Å². The monoisotopic (exact) mass is 419 g/mol. The molecule has 1 amide bonds. The standard InChI is InChI=1S/C19H15ClFN3O3S/c20-15-5-3-14(4-6-15)19(25)24-18-8-7-16(10-17(18)21)28(26,27)23-12-13-2-1-9-22-11-13/h1-11,23H,12H2,(H,24,25). The van der Waals surface area contributed by atoms with Crippen LogP contribution in [-0.2, 0) is 16.6 Å². The fourth-order valence-corrected chi connectivity index (χ4v) is 3.48. The highest BCUT2D eigenvalue weighted by Gasteiger charge is 2.17. The van der Waals surface area contributed by atoms with Crippen molar-refractivity contribution >= 4 is 33.2 Å². The van der Waals surface area contributed by atoms with E-state index in [2.05, 4.69) is 15.0 Å². The zero-order valence-corrected chi connectivity index (χ0v) is 16.0. The minimum atomic E-state index is -3.93. The van der Waals surface area contributed by atoms with E-state index in [0.29, 0.717) is 16.1 Å². The van der Waals surface area contributed by atoms with Crippen LogP contribution in [-0.4, -0.2) is 19.3 Å². The number of rotatable bonds is 6. The molecular weight excluding hydrogens is 405 g/mol. The van der Waals surface area contributed by atoms with Gasteiger partial charge in [0.15, 0.2) is 0 Å². The van der Waals surface area contributed by atoms with Crippen molar-refractivity contribution in [3.05, 3.63) is 89.0 Å². The number of anilines is 1. The molecule has 3 rings (SSSR count). The lowest BCUT2D eigenvalue weighted by molar-refractivity contribution is 0.102. The number of carbonyl (C=O) groups is 1. The summed E-state index contributed by atoms with van der Waals surface area (Å²) in [4.78, 5) is 15.8. The minimum absolute atomic E-state index is 0.0207. The number of hydrogen-bond acceptors (Lipinski definition) is 4. The van der Waals surface area contributed by atoms with Gasteiger partial charge >= 0.3 is 0 Å². The molecule has 2 aromatic carbocycles. The van der Waals surface area contributed by atoms with Crippen LogP contribution in [0.25, 0.3) is 0 Å². The predicted molar refractivity (Wildman–Crippen MR) is 104 cm³/mol. The highest BCUT2D eigenvalue weighted by atomic mass is 35.5. The molecule has 0 aliphatic carbocycles. The molecule has 1 heterocycles. The van der Waals surface area contributed by atoms with Gasteiger partial charge in [0.05, 0.1) is 10.6 Å². The number of halogens is 2. The molecule has 9 heteroatoms. The summed E-state index contributed by atoms with van der Waals surface area (Å²) in [5.74, 6) is -1.41. The second-order valence-electron chi connectivity index (χ2n) is 5.79. The van der Waals surface area contributed by atoms with Gasteiger partial charge in [-0.3, -0.25) is 9.78 Å². The normalized spacial score (nSPS) is 11.2. The van der Waals surface area contributed by atoms with Gasteiger partial charge in [-0.2, -0.15) is 0 Å². The summed E-state index contributed by atoms with van der Waals surface area (Å²) >= 11 is 5.77. The highest BCUT2D eigenvalue weighted by Crippen LogP contribution is 2.20. The van der Waals surface area contributed by atoms with Gasteiger partial charge in [0.1, 0.15) is 5.82 Å². The van der Waals surface area contributed by atoms with E-state index in [-0.39, 0.29) is 17.1 Å². The fraction of sp³-hybridized carbons (Fsp3) is 0.0526. The van der Waals surface area contributed by atoms with Crippen molar-refractivity contribution < 1.29 is 17.6 Å². The fourth-order valence-electron chi connectivity index (χ4n) is 2.32. The summed E-state index contributed by atoms with van der Waals surface area (Å²) in [6, 6.07) is 12.7. The Morgan fingerprint density at radius 2 is 1.86 bits per heavy atom. The van der Waals surface area contributed by atoms with Crippen molar-refractivity contribution in [1.29, 1.82) is 0 Å². The van der Waals surface area contributed by atoms with Crippen LogP contribution in [0.2, 0.25) is 5.02 Å². The Bertz CT molecular complexity index is 1090. The van der Waals surface area contributed by atoms with Crippen LogP contribution in [0.1, 0.15) is 15.9 Å². The van der Waals surface area contributed by atoms with Crippen LogP contribution in [0.15, 0.2) is 71.9 Å². The van der Waals surface area contributed by atoms with E-state index in [4.69, 9.17) is 11.6 Å².